The van der Waals surface area contributed by atoms with Gasteiger partial charge in [0.05, 0.1) is 24.4 Å². The molecule has 0 fully saturated rings. The minimum absolute atomic E-state index is 0.302. The van der Waals surface area contributed by atoms with Crippen LogP contribution in [0.5, 0.6) is 5.75 Å². The van der Waals surface area contributed by atoms with E-state index in [4.69, 9.17) is 9.47 Å². The molecule has 0 amide bonds. The largest absolute Gasteiger partial charge is 0.493 e. The van der Waals surface area contributed by atoms with Crippen LogP contribution in [-0.2, 0) is 4.74 Å². The van der Waals surface area contributed by atoms with Crippen LogP contribution in [0.25, 0.3) is 10.9 Å². The predicted molar refractivity (Wildman–Crippen MR) is 115 cm³/mol. The van der Waals surface area contributed by atoms with Crippen molar-refractivity contribution in [2.75, 3.05) is 18.5 Å². The summed E-state index contributed by atoms with van der Waals surface area (Å²) in [5.41, 5.74) is 2.69. The third kappa shape index (κ3) is 4.81. The Labute approximate surface area is 173 Å². The van der Waals surface area contributed by atoms with Gasteiger partial charge in [0.1, 0.15) is 11.3 Å². The van der Waals surface area contributed by atoms with Crippen LogP contribution >= 0.6 is 15.9 Å². The zero-order chi connectivity index (χ0) is 20.1. The average molecular weight is 443 g/mol. The van der Waals surface area contributed by atoms with Crippen LogP contribution in [0.1, 0.15) is 31.1 Å². The highest BCUT2D eigenvalue weighted by molar-refractivity contribution is 9.10. The van der Waals surface area contributed by atoms with Crippen molar-refractivity contribution in [2.24, 2.45) is 5.92 Å². The normalized spacial score (nSPS) is 10.9. The maximum absolute atomic E-state index is 12.5. The molecule has 6 heteroatoms. The van der Waals surface area contributed by atoms with Gasteiger partial charge in [-0.25, -0.2) is 4.79 Å². The second-order valence-electron chi connectivity index (χ2n) is 6.78. The van der Waals surface area contributed by atoms with Gasteiger partial charge in [-0.1, -0.05) is 29.8 Å². The Morgan fingerprint density at radius 1 is 1.18 bits per heavy atom. The summed E-state index contributed by atoms with van der Waals surface area (Å²) in [6.45, 7) is 6.98. The molecule has 3 rings (SSSR count). The predicted octanol–water partition coefficient (Wildman–Crippen LogP) is 5.95. The number of hydrogen-bond acceptors (Lipinski definition) is 5. The van der Waals surface area contributed by atoms with Gasteiger partial charge in [0, 0.05) is 21.7 Å². The number of fused-ring (bicyclic) bond motifs is 1. The quantitative estimate of drug-likeness (QED) is 0.457. The van der Waals surface area contributed by atoms with Crippen molar-refractivity contribution in [3.05, 3.63) is 58.7 Å². The van der Waals surface area contributed by atoms with Crippen LogP contribution in [0.3, 0.4) is 0 Å². The number of hydrogen-bond donors (Lipinski definition) is 1. The van der Waals surface area contributed by atoms with Crippen molar-refractivity contribution in [1.29, 1.82) is 0 Å². The number of nitrogens with zero attached hydrogens (tertiary/aromatic N) is 1. The Bertz CT molecular complexity index is 971. The van der Waals surface area contributed by atoms with Crippen molar-refractivity contribution in [3.8, 4) is 5.75 Å². The maximum atomic E-state index is 12.5. The molecular formula is C22H23BrN2O3. The fraction of sp³-hybridized carbons (Fsp3) is 0.273. The summed E-state index contributed by atoms with van der Waals surface area (Å²) in [4.78, 5) is 16.9. The molecule has 146 valence electrons. The zero-order valence-electron chi connectivity index (χ0n) is 16.2. The van der Waals surface area contributed by atoms with E-state index in [-0.39, 0.29) is 0 Å². The number of ether oxygens (including phenoxy) is 2. The number of halogens is 1. The lowest BCUT2D eigenvalue weighted by Gasteiger charge is -2.15. The summed E-state index contributed by atoms with van der Waals surface area (Å²) in [5, 5.41) is 4.19. The van der Waals surface area contributed by atoms with Gasteiger partial charge in [0.15, 0.2) is 0 Å². The highest BCUT2D eigenvalue weighted by atomic mass is 79.9. The van der Waals surface area contributed by atoms with Crippen molar-refractivity contribution < 1.29 is 14.3 Å². The van der Waals surface area contributed by atoms with Crippen molar-refractivity contribution >= 4 is 44.2 Å². The Morgan fingerprint density at radius 3 is 2.61 bits per heavy atom. The second kappa shape index (κ2) is 9.06. The van der Waals surface area contributed by atoms with E-state index in [9.17, 15) is 4.79 Å². The third-order valence-corrected chi connectivity index (χ3v) is 4.53. The molecule has 0 atom stereocenters. The second-order valence-corrected chi connectivity index (χ2v) is 7.70. The lowest BCUT2D eigenvalue weighted by Crippen LogP contribution is -2.09. The van der Waals surface area contributed by atoms with Crippen LogP contribution in [0.4, 0.5) is 11.4 Å². The standard InChI is InChI=1S/C22H23BrN2O3/c1-4-27-22(26)19-12-24-20-10-5-15(23)11-18(20)21(19)25-16-6-8-17(9-7-16)28-13-14(2)3/h5-12,14H,4,13H2,1-3H3,(H,24,25). The van der Waals surface area contributed by atoms with Crippen molar-refractivity contribution in [2.45, 2.75) is 20.8 Å². The average Bonchev–Trinajstić information content (AvgIpc) is 2.68. The first-order valence-electron chi connectivity index (χ1n) is 9.23. The van der Waals surface area contributed by atoms with Crippen LogP contribution < -0.4 is 10.1 Å². The fourth-order valence-corrected chi connectivity index (χ4v) is 3.07. The summed E-state index contributed by atoms with van der Waals surface area (Å²) < 4.78 is 11.8. The summed E-state index contributed by atoms with van der Waals surface area (Å²) in [6.07, 6.45) is 1.55. The number of anilines is 2. The van der Waals surface area contributed by atoms with Crippen LogP contribution in [0.15, 0.2) is 53.1 Å². The number of carbonyl (C=O) groups is 1. The lowest BCUT2D eigenvalue weighted by molar-refractivity contribution is 0.0527. The van der Waals surface area contributed by atoms with Gasteiger partial charge in [0.25, 0.3) is 0 Å². The van der Waals surface area contributed by atoms with Gasteiger partial charge in [-0.15, -0.1) is 0 Å². The topological polar surface area (TPSA) is 60.5 Å². The molecule has 0 saturated heterocycles. The highest BCUT2D eigenvalue weighted by Gasteiger charge is 2.17. The molecule has 0 unspecified atom stereocenters. The molecule has 0 saturated carbocycles. The molecule has 0 aliphatic heterocycles. The first-order chi connectivity index (χ1) is 13.5. The van der Waals surface area contributed by atoms with Gasteiger partial charge in [-0.2, -0.15) is 0 Å². The summed E-state index contributed by atoms with van der Waals surface area (Å²) in [6, 6.07) is 13.4. The van der Waals surface area contributed by atoms with E-state index < -0.39 is 5.97 Å². The number of pyridine rings is 1. The molecule has 0 bridgehead atoms. The lowest BCUT2D eigenvalue weighted by atomic mass is 10.1. The molecule has 1 heterocycles. The number of esters is 1. The number of carbonyl (C=O) groups excluding carboxylic acids is 1. The molecule has 0 spiro atoms. The number of rotatable bonds is 7. The Kier molecular flexibility index (Phi) is 6.52. The molecule has 3 aromatic rings. The Balaban J connectivity index is 1.97. The van der Waals surface area contributed by atoms with E-state index in [0.29, 0.717) is 30.4 Å². The molecule has 2 aromatic carbocycles. The molecule has 1 aromatic heterocycles. The van der Waals surface area contributed by atoms with Crippen LogP contribution in [0.2, 0.25) is 0 Å². The molecule has 1 N–H and O–H groups in total. The zero-order valence-corrected chi connectivity index (χ0v) is 17.7. The van der Waals surface area contributed by atoms with Gasteiger partial charge < -0.3 is 14.8 Å². The Hall–Kier alpha value is -2.60. The summed E-state index contributed by atoms with van der Waals surface area (Å²) in [5.74, 6) is 0.870. The molecular weight excluding hydrogens is 420 g/mol. The van der Waals surface area contributed by atoms with Crippen molar-refractivity contribution in [1.82, 2.24) is 4.98 Å². The SMILES string of the molecule is CCOC(=O)c1cnc2ccc(Br)cc2c1Nc1ccc(OCC(C)C)cc1. The smallest absolute Gasteiger partial charge is 0.341 e. The van der Waals surface area contributed by atoms with E-state index in [2.05, 4.69) is 40.1 Å². The van der Waals surface area contributed by atoms with Crippen LogP contribution in [0, 0.1) is 5.92 Å². The van der Waals surface area contributed by atoms with Crippen molar-refractivity contribution in [3.63, 3.8) is 0 Å². The monoisotopic (exact) mass is 442 g/mol. The van der Waals surface area contributed by atoms with Gasteiger partial charge in [-0.3, -0.25) is 4.98 Å². The molecule has 0 aliphatic carbocycles. The number of benzene rings is 2. The number of aromatic nitrogens is 1. The minimum atomic E-state index is -0.406. The Morgan fingerprint density at radius 2 is 1.93 bits per heavy atom. The molecule has 28 heavy (non-hydrogen) atoms. The first kappa shape index (κ1) is 20.1. The van der Waals surface area contributed by atoms with E-state index >= 15 is 0 Å². The van der Waals surface area contributed by atoms with Crippen LogP contribution in [-0.4, -0.2) is 24.2 Å². The maximum Gasteiger partial charge on any atom is 0.341 e. The summed E-state index contributed by atoms with van der Waals surface area (Å²) >= 11 is 3.49. The molecule has 5 nitrogen and oxygen atoms in total. The van der Waals surface area contributed by atoms with E-state index in [1.807, 2.05) is 42.5 Å². The van der Waals surface area contributed by atoms with Gasteiger partial charge in [-0.05, 0) is 55.3 Å². The minimum Gasteiger partial charge on any atom is -0.493 e. The highest BCUT2D eigenvalue weighted by Crippen LogP contribution is 2.32. The van der Waals surface area contributed by atoms with E-state index in [1.165, 1.54) is 0 Å². The molecule has 0 aliphatic rings. The van der Waals surface area contributed by atoms with Gasteiger partial charge >= 0.3 is 5.97 Å². The van der Waals surface area contributed by atoms with E-state index in [1.54, 1.807) is 13.1 Å². The first-order valence-corrected chi connectivity index (χ1v) is 10.0. The number of nitrogens with one attached hydrogen (secondary N) is 1. The van der Waals surface area contributed by atoms with E-state index in [0.717, 1.165) is 26.8 Å². The fourth-order valence-electron chi connectivity index (χ4n) is 2.70. The molecule has 0 radical (unpaired) electrons. The summed E-state index contributed by atoms with van der Waals surface area (Å²) in [7, 11) is 0. The van der Waals surface area contributed by atoms with Gasteiger partial charge in [0.2, 0.25) is 0 Å². The third-order valence-electron chi connectivity index (χ3n) is 4.03.